The Morgan fingerprint density at radius 1 is 1.21 bits per heavy atom. The average Bonchev–Trinajstić information content (AvgIpc) is 2.72. The van der Waals surface area contributed by atoms with E-state index >= 15 is 0 Å². The molecule has 29 heavy (non-hydrogen) atoms. The van der Waals surface area contributed by atoms with Crippen LogP contribution in [0.5, 0.6) is 0 Å². The Morgan fingerprint density at radius 2 is 2.00 bits per heavy atom. The van der Waals surface area contributed by atoms with Crippen molar-refractivity contribution in [3.63, 3.8) is 0 Å². The fourth-order valence-corrected chi connectivity index (χ4v) is 3.58. The second kappa shape index (κ2) is 9.65. The van der Waals surface area contributed by atoms with E-state index in [1.807, 2.05) is 31.3 Å². The number of hydrogen-bond acceptors (Lipinski definition) is 5. The van der Waals surface area contributed by atoms with Gasteiger partial charge in [0.2, 0.25) is 11.5 Å². The zero-order valence-corrected chi connectivity index (χ0v) is 17.8. The number of anilines is 1. The van der Waals surface area contributed by atoms with Crippen LogP contribution in [0.3, 0.4) is 0 Å². The van der Waals surface area contributed by atoms with Gasteiger partial charge in [0.1, 0.15) is 0 Å². The van der Waals surface area contributed by atoms with Crippen molar-refractivity contribution in [2.24, 2.45) is 0 Å². The molecule has 0 aliphatic carbocycles. The van der Waals surface area contributed by atoms with Crippen LogP contribution in [0.25, 0.3) is 22.0 Å². The predicted octanol–water partition coefficient (Wildman–Crippen LogP) is 4.22. The van der Waals surface area contributed by atoms with Crippen LogP contribution < -0.4 is 10.9 Å². The molecule has 3 rings (SSSR count). The molecule has 6 nitrogen and oxygen atoms in total. The topological polar surface area (TPSA) is 73.9 Å². The summed E-state index contributed by atoms with van der Waals surface area (Å²) < 4.78 is 0. The van der Waals surface area contributed by atoms with Crippen molar-refractivity contribution in [1.29, 1.82) is 0 Å². The molecule has 2 aromatic heterocycles. The largest absolute Gasteiger partial charge is 0.352 e. The van der Waals surface area contributed by atoms with Crippen LogP contribution in [-0.2, 0) is 0 Å². The molecule has 0 radical (unpaired) electrons. The minimum absolute atomic E-state index is 0.100. The summed E-state index contributed by atoms with van der Waals surface area (Å²) in [5.41, 5.74) is 3.75. The Hall–Kier alpha value is -2.73. The fraction of sp³-hybridized carbons (Fsp3) is 0.435. The molecule has 0 fully saturated rings. The molecule has 1 aromatic carbocycles. The van der Waals surface area contributed by atoms with E-state index in [4.69, 9.17) is 0 Å². The number of aryl methyl sites for hydroxylation is 1. The predicted molar refractivity (Wildman–Crippen MR) is 120 cm³/mol. The van der Waals surface area contributed by atoms with Crippen LogP contribution in [0.4, 0.5) is 5.95 Å². The Kier molecular flexibility index (Phi) is 6.99. The van der Waals surface area contributed by atoms with Crippen LogP contribution >= 0.6 is 0 Å². The maximum atomic E-state index is 11.7. The highest BCUT2D eigenvalue weighted by molar-refractivity contribution is 5.85. The first-order valence-electron chi connectivity index (χ1n) is 10.5. The standard InChI is InChI=1S/C23H31N5O/c1-5-28(6-2)11-7-8-17(4)26-23-25-15-19-12-18(9-10-21(19)27-23)20-13-22(29)24-14-16(20)3/h9-10,12-15,17H,5-8,11H2,1-4H3,(H,24,29)(H,25,26,27). The normalized spacial score (nSPS) is 12.4. The van der Waals surface area contributed by atoms with Crippen molar-refractivity contribution < 1.29 is 0 Å². The Bertz CT molecular complexity index is 1010. The van der Waals surface area contributed by atoms with Crippen LogP contribution in [-0.4, -0.2) is 45.5 Å². The van der Waals surface area contributed by atoms with E-state index < -0.39 is 0 Å². The van der Waals surface area contributed by atoms with Gasteiger partial charge >= 0.3 is 0 Å². The molecule has 1 unspecified atom stereocenters. The molecule has 2 N–H and O–H groups in total. The van der Waals surface area contributed by atoms with E-state index in [1.54, 1.807) is 12.3 Å². The zero-order chi connectivity index (χ0) is 20.8. The van der Waals surface area contributed by atoms with Crippen LogP contribution in [0.15, 0.2) is 41.5 Å². The SMILES string of the molecule is CCN(CC)CCCC(C)Nc1ncc2cc(-c3cc(=O)[nH]cc3C)ccc2n1. The van der Waals surface area contributed by atoms with Crippen molar-refractivity contribution in [1.82, 2.24) is 19.9 Å². The molecule has 0 aliphatic rings. The van der Waals surface area contributed by atoms with E-state index in [0.717, 1.165) is 60.1 Å². The summed E-state index contributed by atoms with van der Waals surface area (Å²) in [4.78, 5) is 26.0. The van der Waals surface area contributed by atoms with Gasteiger partial charge in [0.05, 0.1) is 5.52 Å². The molecular weight excluding hydrogens is 362 g/mol. The van der Waals surface area contributed by atoms with E-state index in [0.29, 0.717) is 12.0 Å². The summed E-state index contributed by atoms with van der Waals surface area (Å²) in [5, 5.41) is 4.38. The Morgan fingerprint density at radius 3 is 2.76 bits per heavy atom. The number of rotatable bonds is 9. The smallest absolute Gasteiger partial charge is 0.248 e. The lowest BCUT2D eigenvalue weighted by Crippen LogP contribution is -2.25. The first-order valence-corrected chi connectivity index (χ1v) is 10.5. The number of pyridine rings is 1. The molecule has 3 aromatic rings. The maximum Gasteiger partial charge on any atom is 0.248 e. The van der Waals surface area contributed by atoms with Gasteiger partial charge in [-0.25, -0.2) is 9.97 Å². The number of H-pyrrole nitrogens is 1. The summed E-state index contributed by atoms with van der Waals surface area (Å²) in [6.07, 6.45) is 5.83. The van der Waals surface area contributed by atoms with Crippen molar-refractivity contribution >= 4 is 16.9 Å². The van der Waals surface area contributed by atoms with E-state index in [1.165, 1.54) is 0 Å². The molecule has 0 amide bonds. The van der Waals surface area contributed by atoms with Gasteiger partial charge in [-0.3, -0.25) is 4.79 Å². The minimum Gasteiger partial charge on any atom is -0.352 e. The van der Waals surface area contributed by atoms with Crippen molar-refractivity contribution in [3.05, 3.63) is 52.6 Å². The molecule has 0 saturated heterocycles. The second-order valence-corrected chi connectivity index (χ2v) is 7.58. The molecule has 2 heterocycles. The summed E-state index contributed by atoms with van der Waals surface area (Å²) in [6.45, 7) is 11.9. The molecule has 0 bridgehead atoms. The second-order valence-electron chi connectivity index (χ2n) is 7.58. The van der Waals surface area contributed by atoms with Crippen molar-refractivity contribution in [2.45, 2.75) is 46.6 Å². The van der Waals surface area contributed by atoms with Gasteiger partial charge in [-0.1, -0.05) is 19.9 Å². The lowest BCUT2D eigenvalue weighted by molar-refractivity contribution is 0.295. The number of nitrogens with one attached hydrogen (secondary N) is 2. The minimum atomic E-state index is -0.100. The summed E-state index contributed by atoms with van der Waals surface area (Å²) in [7, 11) is 0. The van der Waals surface area contributed by atoms with E-state index in [-0.39, 0.29) is 5.56 Å². The van der Waals surface area contributed by atoms with Gasteiger partial charge in [-0.2, -0.15) is 0 Å². The monoisotopic (exact) mass is 393 g/mol. The molecule has 0 aliphatic heterocycles. The van der Waals surface area contributed by atoms with Gasteiger partial charge in [0.25, 0.3) is 0 Å². The first-order chi connectivity index (χ1) is 14.0. The fourth-order valence-electron chi connectivity index (χ4n) is 3.58. The number of benzene rings is 1. The number of aromatic nitrogens is 3. The van der Waals surface area contributed by atoms with Gasteiger partial charge in [0, 0.05) is 29.9 Å². The van der Waals surface area contributed by atoms with Gasteiger partial charge in [-0.15, -0.1) is 0 Å². The first kappa shape index (κ1) is 21.0. The lowest BCUT2D eigenvalue weighted by Gasteiger charge is -2.19. The molecule has 0 saturated carbocycles. The molecule has 1 atom stereocenters. The molecule has 6 heteroatoms. The van der Waals surface area contributed by atoms with Crippen LogP contribution in [0.2, 0.25) is 0 Å². The van der Waals surface area contributed by atoms with Crippen LogP contribution in [0.1, 0.15) is 39.2 Å². The summed E-state index contributed by atoms with van der Waals surface area (Å²) in [6, 6.07) is 7.99. The van der Waals surface area contributed by atoms with E-state index in [9.17, 15) is 4.79 Å². The zero-order valence-electron chi connectivity index (χ0n) is 17.8. The molecule has 0 spiro atoms. The molecular formula is C23H31N5O. The summed E-state index contributed by atoms with van der Waals surface area (Å²) >= 11 is 0. The van der Waals surface area contributed by atoms with Gasteiger partial charge in [-0.05, 0) is 75.1 Å². The van der Waals surface area contributed by atoms with E-state index in [2.05, 4.69) is 45.9 Å². The average molecular weight is 394 g/mol. The number of fused-ring (bicyclic) bond motifs is 1. The molecule has 154 valence electrons. The third-order valence-electron chi connectivity index (χ3n) is 5.40. The van der Waals surface area contributed by atoms with Crippen molar-refractivity contribution in [2.75, 3.05) is 25.0 Å². The Labute approximate surface area is 172 Å². The van der Waals surface area contributed by atoms with Crippen LogP contribution in [0, 0.1) is 6.92 Å². The summed E-state index contributed by atoms with van der Waals surface area (Å²) in [5.74, 6) is 0.660. The quantitative estimate of drug-likeness (QED) is 0.569. The lowest BCUT2D eigenvalue weighted by atomic mass is 10.0. The number of nitrogens with zero attached hydrogens (tertiary/aromatic N) is 3. The highest BCUT2D eigenvalue weighted by Gasteiger charge is 2.09. The Balaban J connectivity index is 1.69. The third kappa shape index (κ3) is 5.41. The maximum absolute atomic E-state index is 11.7. The highest BCUT2D eigenvalue weighted by Crippen LogP contribution is 2.25. The number of hydrogen-bond donors (Lipinski definition) is 2. The number of aromatic amines is 1. The van der Waals surface area contributed by atoms with Gasteiger partial charge in [0.15, 0.2) is 0 Å². The third-order valence-corrected chi connectivity index (χ3v) is 5.40. The highest BCUT2D eigenvalue weighted by atomic mass is 16.1. The van der Waals surface area contributed by atoms with Crippen molar-refractivity contribution in [3.8, 4) is 11.1 Å². The van der Waals surface area contributed by atoms with Gasteiger partial charge < -0.3 is 15.2 Å².